The van der Waals surface area contributed by atoms with Crippen LogP contribution in [0.3, 0.4) is 0 Å². The minimum atomic E-state index is 0.157. The van der Waals surface area contributed by atoms with Gasteiger partial charge in [0.25, 0.3) is 5.91 Å². The molecule has 1 unspecified atom stereocenters. The Balaban J connectivity index is 1.38. The van der Waals surface area contributed by atoms with Crippen molar-refractivity contribution in [2.75, 3.05) is 44.2 Å². The summed E-state index contributed by atoms with van der Waals surface area (Å²) in [5.74, 6) is 1.77. The minimum Gasteiger partial charge on any atom is -0.338 e. The molecule has 1 aromatic carbocycles. The molecule has 1 atom stereocenters. The number of nitrogens with zero attached hydrogens (tertiary/aromatic N) is 3. The van der Waals surface area contributed by atoms with Crippen LogP contribution in [-0.2, 0) is 11.2 Å². The molecule has 0 aliphatic carbocycles. The van der Waals surface area contributed by atoms with Crippen LogP contribution in [0.25, 0.3) is 0 Å². The fourth-order valence-corrected chi connectivity index (χ4v) is 5.18. The van der Waals surface area contributed by atoms with Gasteiger partial charge in [0.05, 0.1) is 0 Å². The summed E-state index contributed by atoms with van der Waals surface area (Å²) >= 11 is 0. The van der Waals surface area contributed by atoms with E-state index in [4.69, 9.17) is 0 Å². The molecule has 2 saturated heterocycles. The fraction of sp³-hybridized carbons (Fsp3) is 0.667. The van der Waals surface area contributed by atoms with E-state index in [1.165, 1.54) is 32.4 Å². The summed E-state index contributed by atoms with van der Waals surface area (Å²) in [4.78, 5) is 31.8. The number of rotatable bonds is 4. The molecule has 158 valence electrons. The van der Waals surface area contributed by atoms with Gasteiger partial charge in [0, 0.05) is 43.9 Å². The number of hydrogen-bond acceptors (Lipinski definition) is 3. The quantitative estimate of drug-likeness (QED) is 0.780. The second-order valence-corrected chi connectivity index (χ2v) is 9.23. The Morgan fingerprint density at radius 2 is 1.86 bits per heavy atom. The molecule has 29 heavy (non-hydrogen) atoms. The minimum absolute atomic E-state index is 0.157. The van der Waals surface area contributed by atoms with Crippen LogP contribution in [0, 0.1) is 11.8 Å². The van der Waals surface area contributed by atoms with E-state index in [1.54, 1.807) is 0 Å². The van der Waals surface area contributed by atoms with Gasteiger partial charge in [-0.3, -0.25) is 9.59 Å². The van der Waals surface area contributed by atoms with Crippen LogP contribution in [0.1, 0.15) is 61.9 Å². The smallest absolute Gasteiger partial charge is 0.253 e. The molecule has 0 spiro atoms. The highest BCUT2D eigenvalue weighted by molar-refractivity contribution is 5.98. The zero-order valence-electron chi connectivity index (χ0n) is 18.0. The monoisotopic (exact) mass is 397 g/mol. The van der Waals surface area contributed by atoms with Crippen molar-refractivity contribution < 1.29 is 9.59 Å². The zero-order valence-corrected chi connectivity index (χ0v) is 18.0. The van der Waals surface area contributed by atoms with Gasteiger partial charge in [-0.25, -0.2) is 0 Å². The van der Waals surface area contributed by atoms with Crippen molar-refractivity contribution in [2.24, 2.45) is 11.8 Å². The van der Waals surface area contributed by atoms with Crippen LogP contribution in [0.4, 0.5) is 5.69 Å². The first-order valence-electron chi connectivity index (χ1n) is 11.5. The third kappa shape index (κ3) is 4.50. The Morgan fingerprint density at radius 3 is 2.62 bits per heavy atom. The maximum Gasteiger partial charge on any atom is 0.253 e. The van der Waals surface area contributed by atoms with Crippen molar-refractivity contribution in [3.8, 4) is 0 Å². The summed E-state index contributed by atoms with van der Waals surface area (Å²) in [6.45, 7) is 10.3. The van der Waals surface area contributed by atoms with E-state index < -0.39 is 0 Å². The molecule has 0 saturated carbocycles. The molecule has 0 bridgehead atoms. The normalized spacial score (nSPS) is 23.3. The molecular formula is C24H35N3O2. The largest absolute Gasteiger partial charge is 0.338 e. The van der Waals surface area contributed by atoms with Crippen molar-refractivity contribution >= 4 is 17.5 Å². The lowest BCUT2D eigenvalue weighted by atomic mass is 9.94. The Kier molecular flexibility index (Phi) is 6.23. The number of likely N-dealkylation sites (tertiary alicyclic amines) is 2. The number of fused-ring (bicyclic) bond motifs is 1. The summed E-state index contributed by atoms with van der Waals surface area (Å²) in [5.41, 5.74) is 2.90. The molecule has 0 aromatic heterocycles. The Hall–Kier alpha value is -1.88. The van der Waals surface area contributed by atoms with Gasteiger partial charge in [-0.15, -0.1) is 0 Å². The first-order valence-corrected chi connectivity index (χ1v) is 11.5. The van der Waals surface area contributed by atoms with Crippen LogP contribution < -0.4 is 4.90 Å². The van der Waals surface area contributed by atoms with Crippen LogP contribution >= 0.6 is 0 Å². The second-order valence-electron chi connectivity index (χ2n) is 9.23. The van der Waals surface area contributed by atoms with E-state index in [9.17, 15) is 9.59 Å². The first kappa shape index (κ1) is 20.4. The van der Waals surface area contributed by atoms with Crippen molar-refractivity contribution in [1.82, 2.24) is 9.80 Å². The van der Waals surface area contributed by atoms with E-state index in [1.807, 2.05) is 30.0 Å². The lowest BCUT2D eigenvalue weighted by Gasteiger charge is -2.38. The maximum absolute atomic E-state index is 13.2. The fourth-order valence-electron chi connectivity index (χ4n) is 5.18. The number of carbonyl (C=O) groups excluding carboxylic acids is 2. The van der Waals surface area contributed by atoms with E-state index >= 15 is 0 Å². The van der Waals surface area contributed by atoms with Gasteiger partial charge in [0.1, 0.15) is 0 Å². The van der Waals surface area contributed by atoms with Gasteiger partial charge in [0.15, 0.2) is 0 Å². The highest BCUT2D eigenvalue weighted by atomic mass is 16.2. The number of piperidine rings is 2. The molecule has 1 aromatic rings. The Morgan fingerprint density at radius 1 is 1.07 bits per heavy atom. The summed E-state index contributed by atoms with van der Waals surface area (Å²) < 4.78 is 0. The molecule has 3 aliphatic rings. The highest BCUT2D eigenvalue weighted by Crippen LogP contribution is 2.30. The van der Waals surface area contributed by atoms with Crippen molar-refractivity contribution in [3.63, 3.8) is 0 Å². The molecule has 0 N–H and O–H groups in total. The number of anilines is 1. The average molecular weight is 398 g/mol. The number of benzene rings is 1. The van der Waals surface area contributed by atoms with Crippen molar-refractivity contribution in [2.45, 2.75) is 52.4 Å². The Labute approximate surface area is 175 Å². The lowest BCUT2D eigenvalue weighted by Crippen LogP contribution is -2.45. The standard InChI is InChI=1S/C24H35N3O2/c1-3-23(28)27-14-10-20-15-21(6-7-22(20)27)24(29)26-11-4-5-19(17-26)16-25-12-8-18(2)9-13-25/h6-7,15,18-19H,3-5,8-14,16-17H2,1-2H3. The third-order valence-electron chi connectivity index (χ3n) is 7.02. The lowest BCUT2D eigenvalue weighted by molar-refractivity contribution is -0.118. The van der Waals surface area contributed by atoms with Gasteiger partial charge in [-0.2, -0.15) is 0 Å². The van der Waals surface area contributed by atoms with Crippen LogP contribution in [0.2, 0.25) is 0 Å². The molecule has 4 rings (SSSR count). The second kappa shape index (κ2) is 8.86. The molecular weight excluding hydrogens is 362 g/mol. The summed E-state index contributed by atoms with van der Waals surface area (Å²) in [6.07, 6.45) is 6.31. The van der Waals surface area contributed by atoms with E-state index in [-0.39, 0.29) is 11.8 Å². The van der Waals surface area contributed by atoms with Gasteiger partial charge in [-0.05, 0) is 80.8 Å². The van der Waals surface area contributed by atoms with Gasteiger partial charge < -0.3 is 14.7 Å². The topological polar surface area (TPSA) is 43.9 Å². The average Bonchev–Trinajstić information content (AvgIpc) is 3.18. The number of amides is 2. The van der Waals surface area contributed by atoms with E-state index in [0.29, 0.717) is 12.3 Å². The van der Waals surface area contributed by atoms with Crippen molar-refractivity contribution in [1.29, 1.82) is 0 Å². The van der Waals surface area contributed by atoms with Crippen LogP contribution in [-0.4, -0.2) is 60.9 Å². The first-order chi connectivity index (χ1) is 14.0. The van der Waals surface area contributed by atoms with Gasteiger partial charge >= 0.3 is 0 Å². The molecule has 2 amide bonds. The predicted molar refractivity (Wildman–Crippen MR) is 116 cm³/mol. The maximum atomic E-state index is 13.2. The predicted octanol–water partition coefficient (Wildman–Crippen LogP) is 3.57. The summed E-state index contributed by atoms with van der Waals surface area (Å²) in [7, 11) is 0. The van der Waals surface area contributed by atoms with Crippen LogP contribution in [0.5, 0.6) is 0 Å². The molecule has 2 fully saturated rings. The zero-order chi connectivity index (χ0) is 20.4. The Bertz CT molecular complexity index is 754. The van der Waals surface area contributed by atoms with Gasteiger partial charge in [0.2, 0.25) is 5.91 Å². The molecule has 5 nitrogen and oxygen atoms in total. The van der Waals surface area contributed by atoms with E-state index in [2.05, 4.69) is 16.7 Å². The summed E-state index contributed by atoms with van der Waals surface area (Å²) in [6, 6.07) is 5.91. The molecule has 3 heterocycles. The molecule has 3 aliphatic heterocycles. The third-order valence-corrected chi connectivity index (χ3v) is 7.02. The van der Waals surface area contributed by atoms with Crippen LogP contribution in [0.15, 0.2) is 18.2 Å². The van der Waals surface area contributed by atoms with Crippen molar-refractivity contribution in [3.05, 3.63) is 29.3 Å². The summed E-state index contributed by atoms with van der Waals surface area (Å²) in [5, 5.41) is 0. The number of hydrogen-bond donors (Lipinski definition) is 0. The number of carbonyl (C=O) groups is 2. The highest BCUT2D eigenvalue weighted by Gasteiger charge is 2.29. The van der Waals surface area contributed by atoms with E-state index in [0.717, 1.165) is 61.8 Å². The van der Waals surface area contributed by atoms with Gasteiger partial charge in [-0.1, -0.05) is 13.8 Å². The SMILES string of the molecule is CCC(=O)N1CCc2cc(C(=O)N3CCCC(CN4CCC(C)CC4)C3)ccc21. The molecule has 0 radical (unpaired) electrons. The molecule has 5 heteroatoms.